The molecule has 0 saturated heterocycles. The van der Waals surface area contributed by atoms with Crippen LogP contribution in [0.15, 0.2) is 12.1 Å². The Hall–Kier alpha value is -4.34. The van der Waals surface area contributed by atoms with E-state index in [-0.39, 0.29) is 0 Å². The zero-order valence-corrected chi connectivity index (χ0v) is 25.4. The first-order chi connectivity index (χ1) is 18.3. The van der Waals surface area contributed by atoms with Crippen molar-refractivity contribution in [1.82, 2.24) is 0 Å². The van der Waals surface area contributed by atoms with E-state index in [0.717, 1.165) is 0 Å². The van der Waals surface area contributed by atoms with Crippen LogP contribution >= 0.6 is 0 Å². The second-order valence-electron chi connectivity index (χ2n) is 10.1. The average Bonchev–Trinajstić information content (AvgIpc) is 2.91. The Bertz CT molecular complexity index is 1200. The summed E-state index contributed by atoms with van der Waals surface area (Å²) in [4.78, 5) is 27.8. The Balaban J connectivity index is 0.000000305. The van der Waals surface area contributed by atoms with Crippen molar-refractivity contribution in [2.75, 3.05) is 0 Å². The maximum Gasteiger partial charge on any atom is 0.324 e. The minimum Gasteiger partial charge on any atom is -0.497 e. The lowest BCUT2D eigenvalue weighted by Gasteiger charge is -2.15. The first kappa shape index (κ1) is 33.7. The highest BCUT2D eigenvalue weighted by molar-refractivity contribution is 5.64. The molecule has 10 nitrogen and oxygen atoms in total. The number of nitro benzene ring substituents is 3. The van der Waals surface area contributed by atoms with E-state index in [1.165, 1.54) is 66.8 Å². The molecule has 0 spiro atoms. The molecule has 3 aromatic carbocycles. The fourth-order valence-electron chi connectivity index (χ4n) is 4.35. The Morgan fingerprint density at radius 3 is 0.725 bits per heavy atom. The number of rotatable bonds is 3. The van der Waals surface area contributed by atoms with Gasteiger partial charge in [0.15, 0.2) is 0 Å². The van der Waals surface area contributed by atoms with Crippen molar-refractivity contribution in [3.05, 3.63) is 109 Å². The third-order valence-corrected chi connectivity index (χ3v) is 8.41. The molecule has 10 heteroatoms. The SMILES string of the molecule is Cc1c(C)c(C)c(C)c(C)c1C.Cc1c(C)c(C)c(C)c(C)c1C.O=[N+]([O-])c1cc([N+](=O)[O-])c(O)c([N+](=O)[O-])c1. The molecule has 40 heavy (non-hydrogen) atoms. The van der Waals surface area contributed by atoms with Crippen LogP contribution in [0.2, 0.25) is 0 Å². The lowest BCUT2D eigenvalue weighted by Crippen LogP contribution is -1.98. The van der Waals surface area contributed by atoms with Crippen molar-refractivity contribution in [1.29, 1.82) is 0 Å². The molecule has 0 aliphatic rings. The van der Waals surface area contributed by atoms with Gasteiger partial charge < -0.3 is 5.11 Å². The van der Waals surface area contributed by atoms with Gasteiger partial charge in [-0.2, -0.15) is 0 Å². The molecule has 0 unspecified atom stereocenters. The predicted octanol–water partition coefficient (Wildman–Crippen LogP) is 8.19. The van der Waals surface area contributed by atoms with Gasteiger partial charge in [0, 0.05) is 0 Å². The molecule has 0 saturated carbocycles. The molecule has 0 aliphatic heterocycles. The summed E-state index contributed by atoms with van der Waals surface area (Å²) in [7, 11) is 0. The van der Waals surface area contributed by atoms with Crippen LogP contribution in [-0.2, 0) is 0 Å². The van der Waals surface area contributed by atoms with Crippen LogP contribution in [-0.4, -0.2) is 19.9 Å². The number of hydrogen-bond donors (Lipinski definition) is 1. The summed E-state index contributed by atoms with van der Waals surface area (Å²) in [5.41, 5.74) is 14.4. The fraction of sp³-hybridized carbons (Fsp3) is 0.400. The number of phenols is 1. The van der Waals surface area contributed by atoms with Crippen molar-refractivity contribution in [3.8, 4) is 5.75 Å². The largest absolute Gasteiger partial charge is 0.497 e. The minimum absolute atomic E-state index is 0.447. The molecule has 216 valence electrons. The maximum absolute atomic E-state index is 10.4. The molecule has 0 atom stereocenters. The van der Waals surface area contributed by atoms with Crippen LogP contribution in [0.25, 0.3) is 0 Å². The van der Waals surface area contributed by atoms with Gasteiger partial charge >= 0.3 is 11.4 Å². The molecule has 0 fully saturated rings. The molecule has 0 radical (unpaired) electrons. The first-order valence-corrected chi connectivity index (χ1v) is 12.6. The average molecular weight is 554 g/mol. The van der Waals surface area contributed by atoms with Crippen molar-refractivity contribution in [3.63, 3.8) is 0 Å². The van der Waals surface area contributed by atoms with Crippen LogP contribution in [0.5, 0.6) is 5.75 Å². The van der Waals surface area contributed by atoms with Crippen molar-refractivity contribution >= 4 is 17.1 Å². The highest BCUT2D eigenvalue weighted by atomic mass is 16.6. The van der Waals surface area contributed by atoms with E-state index in [4.69, 9.17) is 5.11 Å². The lowest BCUT2D eigenvalue weighted by atomic mass is 9.90. The molecule has 0 amide bonds. The van der Waals surface area contributed by atoms with Gasteiger partial charge in [-0.1, -0.05) is 0 Å². The predicted molar refractivity (Wildman–Crippen MR) is 158 cm³/mol. The molecular formula is C30H39N3O7. The van der Waals surface area contributed by atoms with Gasteiger partial charge in [0.1, 0.15) is 0 Å². The van der Waals surface area contributed by atoms with Gasteiger partial charge in [-0.25, -0.2) is 0 Å². The number of hydrogen-bond acceptors (Lipinski definition) is 7. The number of aromatic hydroxyl groups is 1. The van der Waals surface area contributed by atoms with E-state index in [1.807, 2.05) is 0 Å². The highest BCUT2D eigenvalue weighted by Crippen LogP contribution is 2.39. The molecule has 0 aromatic heterocycles. The molecule has 0 heterocycles. The maximum atomic E-state index is 10.4. The number of nitrogens with zero attached hydrogens (tertiary/aromatic N) is 3. The topological polar surface area (TPSA) is 150 Å². The number of phenolic OH excluding ortho intramolecular Hbond substituents is 1. The highest BCUT2D eigenvalue weighted by Gasteiger charge is 2.30. The molecule has 3 aromatic rings. The zero-order chi connectivity index (χ0) is 31.4. The Kier molecular flexibility index (Phi) is 11.1. The van der Waals surface area contributed by atoms with Crippen LogP contribution in [0.3, 0.4) is 0 Å². The zero-order valence-electron chi connectivity index (χ0n) is 25.4. The van der Waals surface area contributed by atoms with Gasteiger partial charge in [0.05, 0.1) is 26.9 Å². The van der Waals surface area contributed by atoms with Crippen molar-refractivity contribution < 1.29 is 19.9 Å². The number of non-ortho nitro benzene ring substituents is 1. The van der Waals surface area contributed by atoms with E-state index in [2.05, 4.69) is 83.1 Å². The van der Waals surface area contributed by atoms with Gasteiger partial charge in [-0.15, -0.1) is 0 Å². The van der Waals surface area contributed by atoms with Crippen molar-refractivity contribution in [2.24, 2.45) is 0 Å². The molecule has 3 rings (SSSR count). The third kappa shape index (κ3) is 6.99. The van der Waals surface area contributed by atoms with E-state index >= 15 is 0 Å². The fourth-order valence-corrected chi connectivity index (χ4v) is 4.35. The Morgan fingerprint density at radius 2 is 0.600 bits per heavy atom. The van der Waals surface area contributed by atoms with Crippen LogP contribution in [0.1, 0.15) is 66.8 Å². The molecular weight excluding hydrogens is 514 g/mol. The summed E-state index contributed by atoms with van der Waals surface area (Å²) in [6.07, 6.45) is 0. The van der Waals surface area contributed by atoms with Crippen molar-refractivity contribution in [2.45, 2.75) is 83.1 Å². The normalized spacial score (nSPS) is 10.2. The van der Waals surface area contributed by atoms with E-state index in [9.17, 15) is 30.3 Å². The van der Waals surface area contributed by atoms with Gasteiger partial charge in [-0.05, 0) is 150 Å². The summed E-state index contributed by atoms with van der Waals surface area (Å²) >= 11 is 0. The van der Waals surface area contributed by atoms with E-state index < -0.39 is 37.6 Å². The van der Waals surface area contributed by atoms with Gasteiger partial charge in [-0.3, -0.25) is 30.3 Å². The van der Waals surface area contributed by atoms with Crippen LogP contribution in [0, 0.1) is 113 Å². The summed E-state index contributed by atoms with van der Waals surface area (Å²) in [6.45, 7) is 26.5. The van der Waals surface area contributed by atoms with Gasteiger partial charge in [0.25, 0.3) is 11.4 Å². The Labute approximate surface area is 235 Å². The van der Waals surface area contributed by atoms with Crippen LogP contribution in [0.4, 0.5) is 17.1 Å². The molecule has 0 bridgehead atoms. The second kappa shape index (κ2) is 13.1. The second-order valence-corrected chi connectivity index (χ2v) is 10.1. The number of benzene rings is 3. The van der Waals surface area contributed by atoms with Crippen LogP contribution < -0.4 is 0 Å². The molecule has 0 aliphatic carbocycles. The molecule has 1 N–H and O–H groups in total. The summed E-state index contributed by atoms with van der Waals surface area (Å²) in [6, 6.07) is 0.894. The van der Waals surface area contributed by atoms with E-state index in [1.54, 1.807) is 0 Å². The monoisotopic (exact) mass is 553 g/mol. The standard InChI is InChI=1S/2C12H18.C6H3N3O7/c2*1-7-8(2)10(4)12(6)11(5)9(7)3;10-6-4(8(13)14)1-3(7(11)12)2-5(6)9(15)16/h2*1-6H3;1-2,10H. The van der Waals surface area contributed by atoms with Gasteiger partial charge in [0.2, 0.25) is 0 Å². The third-order valence-electron chi connectivity index (χ3n) is 8.41. The van der Waals surface area contributed by atoms with E-state index in [0.29, 0.717) is 12.1 Å². The summed E-state index contributed by atoms with van der Waals surface area (Å²) in [5.74, 6) is -1.21. The lowest BCUT2D eigenvalue weighted by molar-refractivity contribution is -0.404. The summed E-state index contributed by atoms with van der Waals surface area (Å²) < 4.78 is 0. The quantitative estimate of drug-likeness (QED) is 0.254. The Morgan fingerprint density at radius 1 is 0.425 bits per heavy atom. The first-order valence-electron chi connectivity index (χ1n) is 12.6. The minimum atomic E-state index is -1.21. The number of nitro groups is 3. The smallest absolute Gasteiger partial charge is 0.324 e. The summed E-state index contributed by atoms with van der Waals surface area (Å²) in [5, 5.41) is 40.2.